The standard InChI is InChI=1S/C16H32/c1-5-8-16-12-7-10-14(3)13(2)9-6-11-15(16)4/h13-16H,5-12H2,1-4H3. The summed E-state index contributed by atoms with van der Waals surface area (Å²) in [7, 11) is 0. The number of rotatable bonds is 2. The van der Waals surface area contributed by atoms with Crippen LogP contribution in [0.5, 0.6) is 0 Å². The molecule has 1 fully saturated rings. The highest BCUT2D eigenvalue weighted by atomic mass is 14.3. The van der Waals surface area contributed by atoms with Crippen molar-refractivity contribution >= 4 is 0 Å². The lowest BCUT2D eigenvalue weighted by atomic mass is 9.78. The van der Waals surface area contributed by atoms with Crippen LogP contribution < -0.4 is 0 Å². The third-order valence-corrected chi connectivity index (χ3v) is 4.99. The highest BCUT2D eigenvalue weighted by molar-refractivity contribution is 4.72. The second-order valence-corrected chi connectivity index (χ2v) is 6.34. The van der Waals surface area contributed by atoms with Crippen molar-refractivity contribution in [3.63, 3.8) is 0 Å². The van der Waals surface area contributed by atoms with Crippen LogP contribution in [-0.2, 0) is 0 Å². The Morgan fingerprint density at radius 2 is 1.25 bits per heavy atom. The average Bonchev–Trinajstić information content (AvgIpc) is 2.26. The maximum absolute atomic E-state index is 2.50. The molecule has 0 N–H and O–H groups in total. The zero-order valence-electron chi connectivity index (χ0n) is 12.0. The Hall–Kier alpha value is 0. The Morgan fingerprint density at radius 1 is 0.750 bits per heavy atom. The van der Waals surface area contributed by atoms with E-state index in [0.717, 1.165) is 23.7 Å². The summed E-state index contributed by atoms with van der Waals surface area (Å²) in [6.45, 7) is 9.76. The van der Waals surface area contributed by atoms with Crippen LogP contribution in [0.2, 0.25) is 0 Å². The first-order chi connectivity index (χ1) is 7.65. The van der Waals surface area contributed by atoms with Crippen LogP contribution in [0.3, 0.4) is 0 Å². The normalized spacial score (nSPS) is 38.2. The minimum Gasteiger partial charge on any atom is -0.0654 e. The fourth-order valence-electron chi connectivity index (χ4n) is 3.35. The zero-order chi connectivity index (χ0) is 12.0. The van der Waals surface area contributed by atoms with Gasteiger partial charge in [-0.15, -0.1) is 0 Å². The monoisotopic (exact) mass is 224 g/mol. The molecule has 0 aromatic heterocycles. The fourth-order valence-corrected chi connectivity index (χ4v) is 3.35. The van der Waals surface area contributed by atoms with Gasteiger partial charge in [0.1, 0.15) is 0 Å². The molecule has 4 unspecified atom stereocenters. The Kier molecular flexibility index (Phi) is 6.46. The molecule has 0 nitrogen and oxygen atoms in total. The van der Waals surface area contributed by atoms with Gasteiger partial charge >= 0.3 is 0 Å². The van der Waals surface area contributed by atoms with Crippen LogP contribution in [0.25, 0.3) is 0 Å². The van der Waals surface area contributed by atoms with Crippen LogP contribution in [0.1, 0.15) is 79.1 Å². The highest BCUT2D eigenvalue weighted by Crippen LogP contribution is 2.32. The van der Waals surface area contributed by atoms with E-state index in [0.29, 0.717) is 0 Å². The Balaban J connectivity index is 2.47. The van der Waals surface area contributed by atoms with Crippen molar-refractivity contribution in [3.05, 3.63) is 0 Å². The van der Waals surface area contributed by atoms with Gasteiger partial charge in [-0.3, -0.25) is 0 Å². The predicted molar refractivity (Wildman–Crippen MR) is 73.6 cm³/mol. The van der Waals surface area contributed by atoms with Crippen molar-refractivity contribution in [2.45, 2.75) is 79.1 Å². The third kappa shape index (κ3) is 4.47. The molecule has 0 amide bonds. The molecule has 0 bridgehead atoms. The van der Waals surface area contributed by atoms with Crippen molar-refractivity contribution in [1.29, 1.82) is 0 Å². The van der Waals surface area contributed by atoms with E-state index in [-0.39, 0.29) is 0 Å². The predicted octanol–water partition coefficient (Wildman–Crippen LogP) is 5.67. The van der Waals surface area contributed by atoms with Gasteiger partial charge in [0.25, 0.3) is 0 Å². The molecule has 0 aromatic rings. The highest BCUT2D eigenvalue weighted by Gasteiger charge is 2.20. The van der Waals surface area contributed by atoms with E-state index in [9.17, 15) is 0 Å². The lowest BCUT2D eigenvalue weighted by molar-refractivity contribution is 0.234. The van der Waals surface area contributed by atoms with Crippen molar-refractivity contribution in [2.75, 3.05) is 0 Å². The molecule has 0 radical (unpaired) electrons. The van der Waals surface area contributed by atoms with E-state index in [1.807, 2.05) is 0 Å². The molecule has 1 rings (SSSR count). The third-order valence-electron chi connectivity index (χ3n) is 4.99. The zero-order valence-corrected chi connectivity index (χ0v) is 12.0. The summed E-state index contributed by atoms with van der Waals surface area (Å²) in [5, 5.41) is 0. The van der Waals surface area contributed by atoms with Gasteiger partial charge in [0, 0.05) is 0 Å². The molecule has 1 saturated carbocycles. The summed E-state index contributed by atoms with van der Waals surface area (Å²) >= 11 is 0. The lowest BCUT2D eigenvalue weighted by Gasteiger charge is -2.28. The van der Waals surface area contributed by atoms with Crippen molar-refractivity contribution in [2.24, 2.45) is 23.7 Å². The Labute approximate surface area is 103 Å². The van der Waals surface area contributed by atoms with Gasteiger partial charge in [-0.25, -0.2) is 0 Å². The Morgan fingerprint density at radius 3 is 1.81 bits per heavy atom. The maximum atomic E-state index is 2.50. The van der Waals surface area contributed by atoms with E-state index in [1.165, 1.54) is 51.4 Å². The minimum atomic E-state index is 0.954. The van der Waals surface area contributed by atoms with Gasteiger partial charge in [-0.1, -0.05) is 79.1 Å². The largest absolute Gasteiger partial charge is 0.0654 e. The summed E-state index contributed by atoms with van der Waals surface area (Å²) in [6, 6.07) is 0. The van der Waals surface area contributed by atoms with E-state index >= 15 is 0 Å². The number of hydrogen-bond acceptors (Lipinski definition) is 0. The summed E-state index contributed by atoms with van der Waals surface area (Å²) < 4.78 is 0. The first kappa shape index (κ1) is 14.1. The van der Waals surface area contributed by atoms with Crippen molar-refractivity contribution in [3.8, 4) is 0 Å². The van der Waals surface area contributed by atoms with Crippen LogP contribution in [0.15, 0.2) is 0 Å². The summed E-state index contributed by atoms with van der Waals surface area (Å²) in [4.78, 5) is 0. The molecule has 0 aromatic carbocycles. The molecule has 0 spiro atoms. The smallest absolute Gasteiger partial charge is 0.0389 e. The molecule has 16 heavy (non-hydrogen) atoms. The summed E-state index contributed by atoms with van der Waals surface area (Å²) in [5.41, 5.74) is 0. The maximum Gasteiger partial charge on any atom is -0.0389 e. The molecule has 4 atom stereocenters. The van der Waals surface area contributed by atoms with E-state index < -0.39 is 0 Å². The molecule has 0 aliphatic heterocycles. The summed E-state index contributed by atoms with van der Waals surface area (Å²) in [5.74, 6) is 3.90. The molecule has 1 aliphatic rings. The molecule has 0 heterocycles. The molecule has 1 aliphatic carbocycles. The van der Waals surface area contributed by atoms with E-state index in [1.54, 1.807) is 0 Å². The SMILES string of the molecule is CCCC1CCCC(C)C(C)CCCC1C. The molecule has 0 saturated heterocycles. The van der Waals surface area contributed by atoms with Gasteiger partial charge in [0.15, 0.2) is 0 Å². The first-order valence-electron chi connectivity index (χ1n) is 7.65. The number of hydrogen-bond donors (Lipinski definition) is 0. The van der Waals surface area contributed by atoms with Gasteiger partial charge in [0.05, 0.1) is 0 Å². The van der Waals surface area contributed by atoms with Crippen LogP contribution >= 0.6 is 0 Å². The van der Waals surface area contributed by atoms with Gasteiger partial charge in [-0.2, -0.15) is 0 Å². The fraction of sp³-hybridized carbons (Fsp3) is 1.00. The molecule has 96 valence electrons. The van der Waals surface area contributed by atoms with Gasteiger partial charge < -0.3 is 0 Å². The summed E-state index contributed by atoms with van der Waals surface area (Å²) in [6.07, 6.45) is 11.7. The van der Waals surface area contributed by atoms with Gasteiger partial charge in [-0.05, 0) is 23.7 Å². The topological polar surface area (TPSA) is 0 Å². The molecule has 0 heteroatoms. The quantitative estimate of drug-likeness (QED) is 0.567. The second kappa shape index (κ2) is 7.35. The van der Waals surface area contributed by atoms with Crippen LogP contribution in [-0.4, -0.2) is 0 Å². The minimum absolute atomic E-state index is 0.954. The molecular formula is C16H32. The van der Waals surface area contributed by atoms with Crippen molar-refractivity contribution < 1.29 is 0 Å². The van der Waals surface area contributed by atoms with E-state index in [2.05, 4.69) is 27.7 Å². The van der Waals surface area contributed by atoms with Crippen LogP contribution in [0, 0.1) is 23.7 Å². The average molecular weight is 224 g/mol. The molecular weight excluding hydrogens is 192 g/mol. The van der Waals surface area contributed by atoms with Gasteiger partial charge in [0.2, 0.25) is 0 Å². The van der Waals surface area contributed by atoms with E-state index in [4.69, 9.17) is 0 Å². The van der Waals surface area contributed by atoms with Crippen molar-refractivity contribution in [1.82, 2.24) is 0 Å². The second-order valence-electron chi connectivity index (χ2n) is 6.34. The Bertz CT molecular complexity index is 173. The van der Waals surface area contributed by atoms with Crippen LogP contribution in [0.4, 0.5) is 0 Å². The first-order valence-corrected chi connectivity index (χ1v) is 7.65. The lowest BCUT2D eigenvalue weighted by Crippen LogP contribution is -2.16.